The summed E-state index contributed by atoms with van der Waals surface area (Å²) >= 11 is 0. The van der Waals surface area contributed by atoms with Gasteiger partial charge in [0.2, 0.25) is 0 Å². The molecule has 3 aromatic carbocycles. The van der Waals surface area contributed by atoms with Gasteiger partial charge in [-0.05, 0) is 113 Å². The zero-order valence-corrected chi connectivity index (χ0v) is 22.6. The average Bonchev–Trinajstić information content (AvgIpc) is 3.08. The number of aryl methyl sites for hydroxylation is 2. The molecule has 1 N–H and O–H groups in total. The smallest absolute Gasteiger partial charge is 0.417 e. The van der Waals surface area contributed by atoms with Crippen molar-refractivity contribution in [3.8, 4) is 0 Å². The molecule has 3 aromatic rings. The van der Waals surface area contributed by atoms with Crippen molar-refractivity contribution >= 4 is 23.2 Å². The first-order valence-corrected chi connectivity index (χ1v) is 13.6. The summed E-state index contributed by atoms with van der Waals surface area (Å²) in [6.45, 7) is 2.94. The van der Waals surface area contributed by atoms with E-state index in [0.717, 1.165) is 22.3 Å². The second-order valence-corrected chi connectivity index (χ2v) is 10.7. The van der Waals surface area contributed by atoms with Crippen molar-refractivity contribution < 1.29 is 31.9 Å². The van der Waals surface area contributed by atoms with Gasteiger partial charge in [-0.3, -0.25) is 9.29 Å². The lowest BCUT2D eigenvalue weighted by molar-refractivity contribution is -0.137. The number of benzene rings is 3. The number of carbonyl (C=O) groups is 1. The van der Waals surface area contributed by atoms with Crippen LogP contribution in [0.1, 0.15) is 68.6 Å². The standard InChI is InChI=1S/C33H30F5NO2/c1-20-14-26(35)9-11-27(20)29-5-2-4-22-16-25(32(40)41)8-10-28(22)31(29)24-7-6-23(30(17-24)33(36,37)38)15-21-18-39(19-21)13-3-12-34/h6-11,14-17H,2-5,12-13,18-19H2,1H3,(H,40,41). The maximum Gasteiger partial charge on any atom is 0.417 e. The van der Waals surface area contributed by atoms with E-state index < -0.39 is 30.2 Å². The van der Waals surface area contributed by atoms with Crippen molar-refractivity contribution in [2.24, 2.45) is 0 Å². The molecule has 1 fully saturated rings. The first-order valence-electron chi connectivity index (χ1n) is 13.6. The Morgan fingerprint density at radius 2 is 1.76 bits per heavy atom. The van der Waals surface area contributed by atoms with Gasteiger partial charge in [0, 0.05) is 19.6 Å². The molecule has 0 saturated carbocycles. The van der Waals surface area contributed by atoms with Gasteiger partial charge >= 0.3 is 12.1 Å². The molecule has 8 heteroatoms. The molecule has 0 amide bonds. The predicted molar refractivity (Wildman–Crippen MR) is 150 cm³/mol. The van der Waals surface area contributed by atoms with Crippen LogP contribution in [0.15, 0.2) is 60.2 Å². The monoisotopic (exact) mass is 567 g/mol. The van der Waals surface area contributed by atoms with Crippen LogP contribution in [0.25, 0.3) is 17.2 Å². The molecule has 214 valence electrons. The molecule has 1 aliphatic carbocycles. The number of nitrogens with zero attached hydrogens (tertiary/aromatic N) is 1. The summed E-state index contributed by atoms with van der Waals surface area (Å²) in [6, 6.07) is 13.5. The van der Waals surface area contributed by atoms with E-state index in [-0.39, 0.29) is 11.1 Å². The summed E-state index contributed by atoms with van der Waals surface area (Å²) in [5.74, 6) is -1.47. The quantitative estimate of drug-likeness (QED) is 0.293. The van der Waals surface area contributed by atoms with Crippen LogP contribution < -0.4 is 0 Å². The van der Waals surface area contributed by atoms with Crippen LogP contribution in [0.2, 0.25) is 0 Å². The molecular weight excluding hydrogens is 537 g/mol. The fourth-order valence-corrected chi connectivity index (χ4v) is 5.85. The van der Waals surface area contributed by atoms with Gasteiger partial charge in [-0.25, -0.2) is 9.18 Å². The van der Waals surface area contributed by atoms with Gasteiger partial charge in [0.1, 0.15) is 5.82 Å². The fraction of sp³-hybridized carbons (Fsp3) is 0.303. The van der Waals surface area contributed by atoms with Crippen molar-refractivity contribution in [2.75, 3.05) is 26.3 Å². The fourth-order valence-electron chi connectivity index (χ4n) is 5.85. The highest BCUT2D eigenvalue weighted by Gasteiger charge is 2.34. The number of alkyl halides is 4. The molecule has 0 atom stereocenters. The summed E-state index contributed by atoms with van der Waals surface area (Å²) in [4.78, 5) is 13.7. The van der Waals surface area contributed by atoms with E-state index in [2.05, 4.69) is 0 Å². The Morgan fingerprint density at radius 3 is 2.44 bits per heavy atom. The summed E-state index contributed by atoms with van der Waals surface area (Å²) in [6.07, 6.45) is -0.914. The van der Waals surface area contributed by atoms with E-state index in [1.807, 2.05) is 4.90 Å². The van der Waals surface area contributed by atoms with Crippen LogP contribution in [0.3, 0.4) is 0 Å². The van der Waals surface area contributed by atoms with Gasteiger partial charge < -0.3 is 5.11 Å². The Morgan fingerprint density at radius 1 is 1.00 bits per heavy atom. The number of hydrogen-bond donors (Lipinski definition) is 1. The van der Waals surface area contributed by atoms with Crippen molar-refractivity contribution in [1.82, 2.24) is 4.90 Å². The molecule has 41 heavy (non-hydrogen) atoms. The highest BCUT2D eigenvalue weighted by atomic mass is 19.4. The second kappa shape index (κ2) is 11.6. The van der Waals surface area contributed by atoms with Gasteiger partial charge in [0.15, 0.2) is 0 Å². The summed E-state index contributed by atoms with van der Waals surface area (Å²) in [5, 5.41) is 9.55. The molecule has 0 unspecified atom stereocenters. The van der Waals surface area contributed by atoms with Gasteiger partial charge in [-0.2, -0.15) is 13.2 Å². The highest BCUT2D eigenvalue weighted by molar-refractivity contribution is 6.01. The highest BCUT2D eigenvalue weighted by Crippen LogP contribution is 2.43. The number of fused-ring (bicyclic) bond motifs is 1. The van der Waals surface area contributed by atoms with Crippen molar-refractivity contribution in [1.29, 1.82) is 0 Å². The summed E-state index contributed by atoms with van der Waals surface area (Å²) in [7, 11) is 0. The van der Waals surface area contributed by atoms with Crippen molar-refractivity contribution in [2.45, 2.75) is 38.8 Å². The zero-order chi connectivity index (χ0) is 29.3. The molecule has 1 saturated heterocycles. The minimum atomic E-state index is -4.62. The van der Waals surface area contributed by atoms with E-state index >= 15 is 0 Å². The minimum Gasteiger partial charge on any atom is -0.478 e. The number of carboxylic acids is 1. The molecule has 0 aromatic heterocycles. The Labute approximate surface area is 235 Å². The lowest BCUT2D eigenvalue weighted by atomic mass is 9.85. The van der Waals surface area contributed by atoms with Crippen LogP contribution >= 0.6 is 0 Å². The zero-order valence-electron chi connectivity index (χ0n) is 22.6. The second-order valence-electron chi connectivity index (χ2n) is 10.7. The number of likely N-dealkylation sites (tertiary alicyclic amines) is 1. The van der Waals surface area contributed by atoms with Gasteiger partial charge in [-0.15, -0.1) is 0 Å². The number of halogens is 5. The van der Waals surface area contributed by atoms with E-state index in [1.165, 1.54) is 30.3 Å². The Kier molecular flexibility index (Phi) is 8.13. The summed E-state index contributed by atoms with van der Waals surface area (Å²) in [5.41, 5.74) is 4.86. The molecule has 1 heterocycles. The van der Waals surface area contributed by atoms with Crippen LogP contribution in [0, 0.1) is 12.7 Å². The molecule has 3 nitrogen and oxygen atoms in total. The van der Waals surface area contributed by atoms with Crippen molar-refractivity contribution in [3.63, 3.8) is 0 Å². The molecule has 0 bridgehead atoms. The summed E-state index contributed by atoms with van der Waals surface area (Å²) < 4.78 is 69.8. The molecular formula is C33H30F5NO2. The predicted octanol–water partition coefficient (Wildman–Crippen LogP) is 8.21. The molecule has 5 rings (SSSR count). The largest absolute Gasteiger partial charge is 0.478 e. The molecule has 0 radical (unpaired) electrons. The first-order chi connectivity index (χ1) is 19.5. The van der Waals surface area contributed by atoms with E-state index in [9.17, 15) is 31.9 Å². The number of rotatable bonds is 7. The molecule has 1 aliphatic heterocycles. The molecule has 0 spiro atoms. The average molecular weight is 568 g/mol. The lowest BCUT2D eigenvalue weighted by Gasteiger charge is -2.34. The number of allylic oxidation sites excluding steroid dienone is 1. The SMILES string of the molecule is Cc1cc(F)ccc1C1=C(c2ccc(C=C3CN(CCCF)C3)c(C(F)(F)F)c2)c2ccc(C(=O)O)cc2CCC1. The van der Waals surface area contributed by atoms with Crippen LogP contribution in [0.5, 0.6) is 0 Å². The van der Waals surface area contributed by atoms with Gasteiger partial charge in [-0.1, -0.05) is 30.3 Å². The van der Waals surface area contributed by atoms with Gasteiger partial charge in [0.05, 0.1) is 17.8 Å². The topological polar surface area (TPSA) is 40.5 Å². The van der Waals surface area contributed by atoms with Crippen LogP contribution in [-0.4, -0.2) is 42.3 Å². The maximum atomic E-state index is 14.5. The third-order valence-electron chi connectivity index (χ3n) is 7.78. The van der Waals surface area contributed by atoms with Crippen LogP contribution in [0.4, 0.5) is 22.0 Å². The number of carboxylic acid groups (broad SMARTS) is 1. The van der Waals surface area contributed by atoms with E-state index in [1.54, 1.807) is 37.3 Å². The van der Waals surface area contributed by atoms with E-state index in [4.69, 9.17) is 0 Å². The number of aromatic carboxylic acids is 1. The normalized spacial score (nSPS) is 15.8. The number of hydrogen-bond acceptors (Lipinski definition) is 2. The lowest BCUT2D eigenvalue weighted by Crippen LogP contribution is -2.40. The van der Waals surface area contributed by atoms with Gasteiger partial charge in [0.25, 0.3) is 0 Å². The van der Waals surface area contributed by atoms with Crippen molar-refractivity contribution in [3.05, 3.63) is 110 Å². The first kappa shape index (κ1) is 28.7. The third kappa shape index (κ3) is 6.12. The maximum absolute atomic E-state index is 14.5. The van der Waals surface area contributed by atoms with Crippen LogP contribution in [-0.2, 0) is 12.6 Å². The van der Waals surface area contributed by atoms with E-state index in [0.29, 0.717) is 67.6 Å². The molecule has 2 aliphatic rings. The Balaban J connectivity index is 1.67. The Hall–Kier alpha value is -3.78. The minimum absolute atomic E-state index is 0.0663. The Bertz CT molecular complexity index is 1550. The third-order valence-corrected chi connectivity index (χ3v) is 7.78.